The molecular weight excluding hydrogens is 307 g/mol. The van der Waals surface area contributed by atoms with E-state index in [2.05, 4.69) is 15.2 Å². The molecule has 0 spiro atoms. The van der Waals surface area contributed by atoms with Crippen LogP contribution < -0.4 is 0 Å². The minimum atomic E-state index is -0.349. The maximum atomic E-state index is 13.1. The van der Waals surface area contributed by atoms with Crippen LogP contribution in [0.5, 0.6) is 0 Å². The first kappa shape index (κ1) is 15.0. The third kappa shape index (κ3) is 2.97. The molecule has 0 amide bonds. The van der Waals surface area contributed by atoms with Crippen LogP contribution in [0.1, 0.15) is 25.1 Å². The number of nitrogens with zero attached hydrogens (tertiary/aromatic N) is 4. The Morgan fingerprint density at radius 1 is 1.36 bits per heavy atom. The van der Waals surface area contributed by atoms with Gasteiger partial charge in [-0.05, 0) is 18.6 Å². The molecule has 0 aliphatic carbocycles. The van der Waals surface area contributed by atoms with Gasteiger partial charge >= 0.3 is 0 Å². The van der Waals surface area contributed by atoms with Crippen molar-refractivity contribution in [3.63, 3.8) is 0 Å². The van der Waals surface area contributed by atoms with Gasteiger partial charge in [0.2, 0.25) is 5.89 Å². The molecule has 0 saturated heterocycles. The highest BCUT2D eigenvalue weighted by atomic mass is 32.2. The van der Waals surface area contributed by atoms with Gasteiger partial charge in [0.15, 0.2) is 16.6 Å². The Morgan fingerprint density at radius 3 is 3.00 bits per heavy atom. The molecule has 22 heavy (non-hydrogen) atoms. The molecule has 0 bridgehead atoms. The lowest BCUT2D eigenvalue weighted by Gasteiger charge is -2.06. The summed E-state index contributed by atoms with van der Waals surface area (Å²) in [7, 11) is 0. The Bertz CT molecular complexity index is 786. The van der Waals surface area contributed by atoms with Gasteiger partial charge in [-0.2, -0.15) is 0 Å². The van der Waals surface area contributed by atoms with E-state index in [1.807, 2.05) is 11.5 Å². The molecule has 0 aliphatic rings. The number of rotatable bonds is 6. The van der Waals surface area contributed by atoms with Gasteiger partial charge in [-0.1, -0.05) is 18.7 Å². The van der Waals surface area contributed by atoms with Crippen LogP contribution in [-0.2, 0) is 18.9 Å². The van der Waals surface area contributed by atoms with Gasteiger partial charge in [-0.25, -0.2) is 9.37 Å². The van der Waals surface area contributed by atoms with Crippen molar-refractivity contribution < 1.29 is 13.9 Å². The predicted molar refractivity (Wildman–Crippen MR) is 79.8 cm³/mol. The Morgan fingerprint density at radius 2 is 2.23 bits per heavy atom. The molecule has 0 radical (unpaired) electrons. The minimum Gasteiger partial charge on any atom is -0.440 e. The molecule has 3 aromatic rings. The first-order valence-corrected chi connectivity index (χ1v) is 7.90. The van der Waals surface area contributed by atoms with Crippen molar-refractivity contribution in [1.29, 1.82) is 0 Å². The van der Waals surface area contributed by atoms with Crippen molar-refractivity contribution >= 4 is 22.9 Å². The van der Waals surface area contributed by atoms with Crippen LogP contribution in [-0.4, -0.2) is 24.9 Å². The monoisotopic (exact) mass is 322 g/mol. The summed E-state index contributed by atoms with van der Waals surface area (Å²) in [6.45, 7) is 2.64. The number of hydrogen-bond donors (Lipinski definition) is 1. The molecular formula is C14H15FN4O2S. The van der Waals surface area contributed by atoms with Crippen LogP contribution in [0.4, 0.5) is 4.39 Å². The van der Waals surface area contributed by atoms with Crippen LogP contribution in [0, 0.1) is 5.82 Å². The molecule has 6 nitrogen and oxygen atoms in total. The first-order chi connectivity index (χ1) is 10.7. The highest BCUT2D eigenvalue weighted by molar-refractivity contribution is 7.98. The Balaban J connectivity index is 1.77. The predicted octanol–water partition coefficient (Wildman–Crippen LogP) is 2.75. The molecule has 0 atom stereocenters. The molecule has 116 valence electrons. The van der Waals surface area contributed by atoms with Crippen LogP contribution in [0.15, 0.2) is 27.8 Å². The van der Waals surface area contributed by atoms with E-state index in [9.17, 15) is 9.50 Å². The second kappa shape index (κ2) is 6.45. The number of aromatic nitrogens is 4. The number of oxazole rings is 1. The second-order valence-corrected chi connectivity index (χ2v) is 5.66. The first-order valence-electron chi connectivity index (χ1n) is 6.92. The molecule has 1 N–H and O–H groups in total. The van der Waals surface area contributed by atoms with Crippen LogP contribution >= 0.6 is 11.8 Å². The van der Waals surface area contributed by atoms with E-state index in [4.69, 9.17) is 4.42 Å². The maximum absolute atomic E-state index is 13.1. The average Bonchev–Trinajstić information content (AvgIpc) is 3.08. The van der Waals surface area contributed by atoms with Crippen molar-refractivity contribution in [3.05, 3.63) is 35.7 Å². The lowest BCUT2D eigenvalue weighted by Crippen LogP contribution is -2.04. The number of aliphatic hydroxyl groups is 1. The van der Waals surface area contributed by atoms with E-state index >= 15 is 0 Å². The Kier molecular flexibility index (Phi) is 4.39. The largest absolute Gasteiger partial charge is 0.440 e. The molecule has 1 aromatic carbocycles. The fourth-order valence-corrected chi connectivity index (χ4v) is 2.95. The van der Waals surface area contributed by atoms with Crippen LogP contribution in [0.3, 0.4) is 0 Å². The summed E-state index contributed by atoms with van der Waals surface area (Å²) in [6.07, 6.45) is 0.917. The highest BCUT2D eigenvalue weighted by Crippen LogP contribution is 2.24. The quantitative estimate of drug-likeness (QED) is 0.703. The third-order valence-corrected chi connectivity index (χ3v) is 4.05. The number of fused-ring (bicyclic) bond motifs is 1. The van der Waals surface area contributed by atoms with Gasteiger partial charge in [-0.15, -0.1) is 10.2 Å². The zero-order valence-corrected chi connectivity index (χ0v) is 12.8. The SMILES string of the molecule is CCCn1c(CO)nnc1SCc1nc2ccc(F)cc2o1. The number of hydrogen-bond acceptors (Lipinski definition) is 6. The second-order valence-electron chi connectivity index (χ2n) is 4.72. The maximum Gasteiger partial charge on any atom is 0.205 e. The van der Waals surface area contributed by atoms with E-state index in [1.165, 1.54) is 23.9 Å². The van der Waals surface area contributed by atoms with Crippen molar-refractivity contribution in [2.45, 2.75) is 37.4 Å². The molecule has 0 unspecified atom stereocenters. The molecule has 0 aliphatic heterocycles. The summed E-state index contributed by atoms with van der Waals surface area (Å²) >= 11 is 1.42. The minimum absolute atomic E-state index is 0.143. The topological polar surface area (TPSA) is 77.0 Å². The lowest BCUT2D eigenvalue weighted by molar-refractivity contribution is 0.263. The smallest absolute Gasteiger partial charge is 0.205 e. The van der Waals surface area contributed by atoms with Crippen molar-refractivity contribution in [1.82, 2.24) is 19.7 Å². The van der Waals surface area contributed by atoms with Gasteiger partial charge in [0.05, 0.1) is 5.75 Å². The van der Waals surface area contributed by atoms with Gasteiger partial charge < -0.3 is 14.1 Å². The fourth-order valence-electron chi connectivity index (χ4n) is 2.13. The fraction of sp³-hybridized carbons (Fsp3) is 0.357. The molecule has 2 heterocycles. The molecule has 0 saturated carbocycles. The van der Waals surface area contributed by atoms with Gasteiger partial charge in [-0.3, -0.25) is 0 Å². The third-order valence-electron chi connectivity index (χ3n) is 3.10. The van der Waals surface area contributed by atoms with E-state index in [0.717, 1.165) is 13.0 Å². The number of benzene rings is 1. The zero-order valence-electron chi connectivity index (χ0n) is 12.0. The van der Waals surface area contributed by atoms with E-state index < -0.39 is 0 Å². The molecule has 0 fully saturated rings. The number of aliphatic hydroxyl groups excluding tert-OH is 1. The highest BCUT2D eigenvalue weighted by Gasteiger charge is 2.13. The molecule has 8 heteroatoms. The van der Waals surface area contributed by atoms with E-state index in [1.54, 1.807) is 6.07 Å². The Labute approximate surface area is 130 Å². The zero-order chi connectivity index (χ0) is 15.5. The number of thioether (sulfide) groups is 1. The van der Waals surface area contributed by atoms with E-state index in [0.29, 0.717) is 33.7 Å². The Hall–Kier alpha value is -1.93. The standard InChI is InChI=1S/C14H15FN4O2S/c1-2-5-19-12(7-20)17-18-14(19)22-8-13-16-10-4-3-9(15)6-11(10)21-13/h3-4,6,20H,2,5,7-8H2,1H3. The van der Waals surface area contributed by atoms with Crippen molar-refractivity contribution in [2.24, 2.45) is 0 Å². The van der Waals surface area contributed by atoms with Gasteiger partial charge in [0.25, 0.3) is 0 Å². The summed E-state index contributed by atoms with van der Waals surface area (Å²) in [5.41, 5.74) is 1.06. The summed E-state index contributed by atoms with van der Waals surface area (Å²) in [5.74, 6) is 1.16. The summed E-state index contributed by atoms with van der Waals surface area (Å²) in [6, 6.07) is 4.26. The van der Waals surface area contributed by atoms with Crippen molar-refractivity contribution in [2.75, 3.05) is 0 Å². The number of halogens is 1. The van der Waals surface area contributed by atoms with Gasteiger partial charge in [0, 0.05) is 12.6 Å². The molecule has 3 rings (SSSR count). The average molecular weight is 322 g/mol. The molecule has 2 aromatic heterocycles. The van der Waals surface area contributed by atoms with Crippen LogP contribution in [0.25, 0.3) is 11.1 Å². The van der Waals surface area contributed by atoms with E-state index in [-0.39, 0.29) is 12.4 Å². The summed E-state index contributed by atoms with van der Waals surface area (Å²) < 4.78 is 20.5. The van der Waals surface area contributed by atoms with Crippen molar-refractivity contribution in [3.8, 4) is 0 Å². The summed E-state index contributed by atoms with van der Waals surface area (Å²) in [5, 5.41) is 18.0. The van der Waals surface area contributed by atoms with Crippen LogP contribution in [0.2, 0.25) is 0 Å². The normalized spacial score (nSPS) is 11.4. The summed E-state index contributed by atoms with van der Waals surface area (Å²) in [4.78, 5) is 4.31. The van der Waals surface area contributed by atoms with Gasteiger partial charge in [0.1, 0.15) is 17.9 Å². The lowest BCUT2D eigenvalue weighted by atomic mass is 10.3.